The molecule has 0 bridgehead atoms. The van der Waals surface area contributed by atoms with Gasteiger partial charge < -0.3 is 9.80 Å². The lowest BCUT2D eigenvalue weighted by Crippen LogP contribution is -2.42. The van der Waals surface area contributed by atoms with Crippen LogP contribution in [-0.2, 0) is 13.0 Å². The summed E-state index contributed by atoms with van der Waals surface area (Å²) in [6, 6.07) is 10.1. The highest BCUT2D eigenvalue weighted by Gasteiger charge is 2.26. The molecule has 3 rings (SSSR count). The minimum absolute atomic E-state index is 0.0517. The van der Waals surface area contributed by atoms with Crippen molar-refractivity contribution in [2.45, 2.75) is 13.0 Å². The summed E-state index contributed by atoms with van der Waals surface area (Å²) in [4.78, 5) is 15.6. The molecule has 0 saturated heterocycles. The van der Waals surface area contributed by atoms with Crippen molar-refractivity contribution in [3.8, 4) is 11.3 Å². The number of aromatic amines is 1. The minimum atomic E-state index is 0.0517. The van der Waals surface area contributed by atoms with Gasteiger partial charge >= 0.3 is 6.03 Å². The Morgan fingerprint density at radius 3 is 2.75 bits per heavy atom. The molecular formula is C15H18N4O. The molecule has 20 heavy (non-hydrogen) atoms. The predicted molar refractivity (Wildman–Crippen MR) is 77.2 cm³/mol. The van der Waals surface area contributed by atoms with Gasteiger partial charge in [0, 0.05) is 43.9 Å². The van der Waals surface area contributed by atoms with Crippen LogP contribution in [0.2, 0.25) is 0 Å². The maximum Gasteiger partial charge on any atom is 0.319 e. The summed E-state index contributed by atoms with van der Waals surface area (Å²) >= 11 is 0. The Balaban J connectivity index is 1.93. The van der Waals surface area contributed by atoms with E-state index in [2.05, 4.69) is 10.2 Å². The lowest BCUT2D eigenvalue weighted by atomic mass is 10.0. The van der Waals surface area contributed by atoms with Crippen LogP contribution in [0.25, 0.3) is 11.3 Å². The fourth-order valence-corrected chi connectivity index (χ4v) is 2.58. The smallest absolute Gasteiger partial charge is 0.319 e. The average molecular weight is 270 g/mol. The molecule has 0 atom stereocenters. The molecule has 0 saturated carbocycles. The number of aromatic nitrogens is 2. The number of fused-ring (bicyclic) bond motifs is 1. The van der Waals surface area contributed by atoms with Crippen LogP contribution in [0, 0.1) is 0 Å². The summed E-state index contributed by atoms with van der Waals surface area (Å²) in [6.45, 7) is 1.35. The van der Waals surface area contributed by atoms with Gasteiger partial charge in [0.2, 0.25) is 0 Å². The monoisotopic (exact) mass is 270 g/mol. The number of nitrogens with zero attached hydrogens (tertiary/aromatic N) is 3. The Morgan fingerprint density at radius 1 is 1.30 bits per heavy atom. The molecular weight excluding hydrogens is 252 g/mol. The fourth-order valence-electron chi connectivity index (χ4n) is 2.58. The van der Waals surface area contributed by atoms with Crippen molar-refractivity contribution in [2.24, 2.45) is 0 Å². The zero-order chi connectivity index (χ0) is 14.1. The topological polar surface area (TPSA) is 52.2 Å². The molecule has 0 spiro atoms. The van der Waals surface area contributed by atoms with Gasteiger partial charge in [-0.3, -0.25) is 5.10 Å². The molecule has 2 aromatic rings. The average Bonchev–Trinajstić information content (AvgIpc) is 2.90. The van der Waals surface area contributed by atoms with Crippen molar-refractivity contribution < 1.29 is 4.79 Å². The van der Waals surface area contributed by atoms with Gasteiger partial charge in [-0.25, -0.2) is 4.79 Å². The van der Waals surface area contributed by atoms with E-state index in [0.29, 0.717) is 6.54 Å². The first-order valence-corrected chi connectivity index (χ1v) is 6.74. The van der Waals surface area contributed by atoms with Crippen LogP contribution < -0.4 is 0 Å². The molecule has 1 aromatic carbocycles. The number of hydrogen-bond donors (Lipinski definition) is 1. The van der Waals surface area contributed by atoms with Crippen LogP contribution in [0.3, 0.4) is 0 Å². The molecule has 5 heteroatoms. The Labute approximate surface area is 118 Å². The fraction of sp³-hybridized carbons (Fsp3) is 0.333. The largest absolute Gasteiger partial charge is 0.331 e. The number of nitrogens with one attached hydrogen (secondary N) is 1. The van der Waals surface area contributed by atoms with E-state index in [0.717, 1.165) is 35.5 Å². The summed E-state index contributed by atoms with van der Waals surface area (Å²) in [5.74, 6) is 0. The Hall–Kier alpha value is -2.30. The number of amides is 2. The lowest BCUT2D eigenvalue weighted by molar-refractivity contribution is 0.165. The molecule has 0 radical (unpaired) electrons. The van der Waals surface area contributed by atoms with Gasteiger partial charge in [-0.2, -0.15) is 5.10 Å². The quantitative estimate of drug-likeness (QED) is 0.863. The highest BCUT2D eigenvalue weighted by molar-refractivity contribution is 5.75. The highest BCUT2D eigenvalue weighted by atomic mass is 16.2. The van der Waals surface area contributed by atoms with Crippen LogP contribution in [0.1, 0.15) is 11.3 Å². The van der Waals surface area contributed by atoms with E-state index >= 15 is 0 Å². The molecule has 0 unspecified atom stereocenters. The zero-order valence-corrected chi connectivity index (χ0v) is 11.8. The summed E-state index contributed by atoms with van der Waals surface area (Å²) < 4.78 is 0. The Morgan fingerprint density at radius 2 is 2.05 bits per heavy atom. The SMILES string of the molecule is CN(C)C(=O)N1CCc2[nH]nc(-c3ccccc3)c2C1. The van der Waals surface area contributed by atoms with Crippen LogP contribution in [0.4, 0.5) is 4.79 Å². The van der Waals surface area contributed by atoms with Crippen LogP contribution in [0.15, 0.2) is 30.3 Å². The van der Waals surface area contributed by atoms with E-state index in [1.54, 1.807) is 19.0 Å². The third-order valence-corrected chi connectivity index (χ3v) is 3.63. The van der Waals surface area contributed by atoms with Crippen LogP contribution in [0.5, 0.6) is 0 Å². The molecule has 2 heterocycles. The van der Waals surface area contributed by atoms with Crippen LogP contribution in [-0.4, -0.2) is 46.7 Å². The van der Waals surface area contributed by atoms with Gasteiger partial charge in [0.15, 0.2) is 0 Å². The van der Waals surface area contributed by atoms with Gasteiger partial charge in [0.1, 0.15) is 0 Å². The predicted octanol–water partition coefficient (Wildman–Crippen LogP) is 2.12. The highest BCUT2D eigenvalue weighted by Crippen LogP contribution is 2.28. The second-order valence-corrected chi connectivity index (χ2v) is 5.24. The Kier molecular flexibility index (Phi) is 3.18. The number of rotatable bonds is 1. The summed E-state index contributed by atoms with van der Waals surface area (Å²) in [6.07, 6.45) is 0.828. The minimum Gasteiger partial charge on any atom is -0.331 e. The number of urea groups is 1. The van der Waals surface area contributed by atoms with Gasteiger partial charge in [-0.15, -0.1) is 0 Å². The second-order valence-electron chi connectivity index (χ2n) is 5.24. The Bertz CT molecular complexity index is 618. The molecule has 1 aromatic heterocycles. The zero-order valence-electron chi connectivity index (χ0n) is 11.8. The van der Waals surface area contributed by atoms with E-state index in [9.17, 15) is 4.79 Å². The van der Waals surface area contributed by atoms with Gasteiger partial charge in [-0.1, -0.05) is 30.3 Å². The molecule has 5 nitrogen and oxygen atoms in total. The van der Waals surface area contributed by atoms with Gasteiger partial charge in [0.25, 0.3) is 0 Å². The van der Waals surface area contributed by atoms with E-state index in [4.69, 9.17) is 0 Å². The standard InChI is InChI=1S/C15H18N4O/c1-18(2)15(20)19-9-8-13-12(10-19)14(17-16-13)11-6-4-3-5-7-11/h3-7H,8-10H2,1-2H3,(H,16,17). The first-order chi connectivity index (χ1) is 9.66. The first-order valence-electron chi connectivity index (χ1n) is 6.74. The van der Waals surface area contributed by atoms with Crippen LogP contribution >= 0.6 is 0 Å². The summed E-state index contributed by atoms with van der Waals surface area (Å²) in [5, 5.41) is 7.54. The molecule has 1 aliphatic heterocycles. The second kappa shape index (κ2) is 5.00. The lowest BCUT2D eigenvalue weighted by Gasteiger charge is -2.29. The first kappa shape index (κ1) is 12.7. The van der Waals surface area contributed by atoms with Gasteiger partial charge in [-0.05, 0) is 0 Å². The molecule has 0 aliphatic carbocycles. The van der Waals surface area contributed by atoms with Crippen molar-refractivity contribution in [3.05, 3.63) is 41.6 Å². The third kappa shape index (κ3) is 2.15. The van der Waals surface area contributed by atoms with Gasteiger partial charge in [0.05, 0.1) is 12.2 Å². The normalized spacial score (nSPS) is 14.0. The summed E-state index contributed by atoms with van der Waals surface area (Å²) in [7, 11) is 3.57. The molecule has 2 amide bonds. The van der Waals surface area contributed by atoms with Crippen molar-refractivity contribution in [3.63, 3.8) is 0 Å². The molecule has 1 N–H and O–H groups in total. The van der Waals surface area contributed by atoms with E-state index in [-0.39, 0.29) is 6.03 Å². The molecule has 0 fully saturated rings. The van der Waals surface area contributed by atoms with Crippen molar-refractivity contribution in [1.82, 2.24) is 20.0 Å². The maximum absolute atomic E-state index is 12.1. The van der Waals surface area contributed by atoms with E-state index in [1.165, 1.54) is 0 Å². The molecule has 104 valence electrons. The van der Waals surface area contributed by atoms with Crippen molar-refractivity contribution >= 4 is 6.03 Å². The molecule has 1 aliphatic rings. The maximum atomic E-state index is 12.1. The number of carbonyl (C=O) groups excluding carboxylic acids is 1. The number of hydrogen-bond acceptors (Lipinski definition) is 2. The number of carbonyl (C=O) groups is 1. The third-order valence-electron chi connectivity index (χ3n) is 3.63. The van der Waals surface area contributed by atoms with Crippen molar-refractivity contribution in [1.29, 1.82) is 0 Å². The van der Waals surface area contributed by atoms with Crippen molar-refractivity contribution in [2.75, 3.05) is 20.6 Å². The number of benzene rings is 1. The summed E-state index contributed by atoms with van der Waals surface area (Å²) in [5.41, 5.74) is 4.32. The number of H-pyrrole nitrogens is 1. The van der Waals surface area contributed by atoms with E-state index < -0.39 is 0 Å². The van der Waals surface area contributed by atoms with E-state index in [1.807, 2.05) is 35.2 Å².